The fourth-order valence-electron chi connectivity index (χ4n) is 1.40. The van der Waals surface area contributed by atoms with Gasteiger partial charge in [-0.1, -0.05) is 11.6 Å². The molecule has 0 aliphatic heterocycles. The molecule has 0 saturated carbocycles. The first-order chi connectivity index (χ1) is 6.74. The molecule has 2 aromatic rings. The molecule has 4 heteroatoms. The fourth-order valence-corrected chi connectivity index (χ4v) is 1.67. The van der Waals surface area contributed by atoms with Gasteiger partial charge >= 0.3 is 0 Å². The van der Waals surface area contributed by atoms with Crippen molar-refractivity contribution in [1.82, 2.24) is 9.55 Å². The molecule has 0 bridgehead atoms. The second-order valence-electron chi connectivity index (χ2n) is 2.97. The van der Waals surface area contributed by atoms with Crippen LogP contribution in [0, 0.1) is 0 Å². The van der Waals surface area contributed by atoms with Gasteiger partial charge in [0.25, 0.3) is 5.56 Å². The highest BCUT2D eigenvalue weighted by Gasteiger charge is 2.06. The van der Waals surface area contributed by atoms with Gasteiger partial charge < -0.3 is 4.57 Å². The minimum atomic E-state index is -0.0903. The summed E-state index contributed by atoms with van der Waals surface area (Å²) in [6, 6.07) is 3.57. The van der Waals surface area contributed by atoms with Crippen LogP contribution in [0.5, 0.6) is 0 Å². The maximum Gasteiger partial charge on any atom is 0.277 e. The third-order valence-electron chi connectivity index (χ3n) is 2.14. The van der Waals surface area contributed by atoms with Crippen molar-refractivity contribution < 1.29 is 0 Å². The van der Waals surface area contributed by atoms with E-state index in [0.717, 1.165) is 0 Å². The predicted octanol–water partition coefficient (Wildman–Crippen LogP) is 2.07. The van der Waals surface area contributed by atoms with E-state index in [2.05, 4.69) is 4.98 Å². The van der Waals surface area contributed by atoms with E-state index in [0.29, 0.717) is 22.5 Å². The SMILES string of the molecule is CCn1cc(Cl)c2cccnc2c1=O. The highest BCUT2D eigenvalue weighted by atomic mass is 35.5. The highest BCUT2D eigenvalue weighted by Crippen LogP contribution is 2.17. The van der Waals surface area contributed by atoms with Crippen molar-refractivity contribution in [1.29, 1.82) is 0 Å². The van der Waals surface area contributed by atoms with Gasteiger partial charge in [-0.2, -0.15) is 0 Å². The number of rotatable bonds is 1. The van der Waals surface area contributed by atoms with E-state index in [1.165, 1.54) is 0 Å². The highest BCUT2D eigenvalue weighted by molar-refractivity contribution is 6.35. The Labute approximate surface area is 86.0 Å². The van der Waals surface area contributed by atoms with Gasteiger partial charge in [0.1, 0.15) is 5.52 Å². The molecule has 0 aromatic carbocycles. The van der Waals surface area contributed by atoms with Crippen molar-refractivity contribution in [2.45, 2.75) is 13.5 Å². The minimum absolute atomic E-state index is 0.0903. The third kappa shape index (κ3) is 1.30. The lowest BCUT2D eigenvalue weighted by Crippen LogP contribution is -2.19. The first-order valence-electron chi connectivity index (χ1n) is 4.37. The molecule has 0 aliphatic rings. The van der Waals surface area contributed by atoms with Crippen molar-refractivity contribution in [2.24, 2.45) is 0 Å². The first-order valence-corrected chi connectivity index (χ1v) is 4.75. The maximum absolute atomic E-state index is 11.8. The Morgan fingerprint density at radius 1 is 1.57 bits per heavy atom. The van der Waals surface area contributed by atoms with Gasteiger partial charge in [-0.05, 0) is 19.1 Å². The molecule has 0 aliphatic carbocycles. The van der Waals surface area contributed by atoms with Gasteiger partial charge in [-0.3, -0.25) is 9.78 Å². The molecular formula is C10H9ClN2O. The molecule has 0 N–H and O–H groups in total. The number of aromatic nitrogens is 2. The number of aryl methyl sites for hydroxylation is 1. The van der Waals surface area contributed by atoms with Gasteiger partial charge in [-0.25, -0.2) is 0 Å². The van der Waals surface area contributed by atoms with E-state index >= 15 is 0 Å². The van der Waals surface area contributed by atoms with Crippen LogP contribution < -0.4 is 5.56 Å². The van der Waals surface area contributed by atoms with Gasteiger partial charge in [0.2, 0.25) is 0 Å². The van der Waals surface area contributed by atoms with E-state index in [1.807, 2.05) is 6.92 Å². The third-order valence-corrected chi connectivity index (χ3v) is 2.44. The van der Waals surface area contributed by atoms with E-state index in [1.54, 1.807) is 29.1 Å². The standard InChI is InChI=1S/C10H9ClN2O/c1-2-13-6-8(11)7-4-3-5-12-9(7)10(13)14/h3-6H,2H2,1H3. The van der Waals surface area contributed by atoms with Gasteiger partial charge in [-0.15, -0.1) is 0 Å². The Hall–Kier alpha value is -1.35. The Bertz CT molecular complexity index is 533. The number of pyridine rings is 2. The summed E-state index contributed by atoms with van der Waals surface area (Å²) >= 11 is 6.01. The Morgan fingerprint density at radius 3 is 3.07 bits per heavy atom. The quantitative estimate of drug-likeness (QED) is 0.719. The monoisotopic (exact) mass is 208 g/mol. The molecular weight excluding hydrogens is 200 g/mol. The summed E-state index contributed by atoms with van der Waals surface area (Å²) in [6.45, 7) is 2.50. The van der Waals surface area contributed by atoms with E-state index in [9.17, 15) is 4.79 Å². The lowest BCUT2D eigenvalue weighted by molar-refractivity contribution is 0.733. The summed E-state index contributed by atoms with van der Waals surface area (Å²) < 4.78 is 1.55. The van der Waals surface area contributed by atoms with Gasteiger partial charge in [0, 0.05) is 24.3 Å². The van der Waals surface area contributed by atoms with Crippen molar-refractivity contribution in [3.63, 3.8) is 0 Å². The first kappa shape index (κ1) is 9.21. The smallest absolute Gasteiger partial charge is 0.277 e. The van der Waals surface area contributed by atoms with Crippen LogP contribution in [0.4, 0.5) is 0 Å². The number of halogens is 1. The number of nitrogens with zero attached hydrogens (tertiary/aromatic N) is 2. The van der Waals surface area contributed by atoms with Gasteiger partial charge in [0.15, 0.2) is 0 Å². The summed E-state index contributed by atoms with van der Waals surface area (Å²) in [5.41, 5.74) is 0.342. The zero-order valence-corrected chi connectivity index (χ0v) is 8.45. The predicted molar refractivity (Wildman–Crippen MR) is 56.7 cm³/mol. The van der Waals surface area contributed by atoms with Crippen LogP contribution in [0.1, 0.15) is 6.92 Å². The molecule has 0 spiro atoms. The zero-order valence-electron chi connectivity index (χ0n) is 7.70. The Balaban J connectivity index is 2.95. The molecule has 14 heavy (non-hydrogen) atoms. The topological polar surface area (TPSA) is 34.9 Å². The second-order valence-corrected chi connectivity index (χ2v) is 3.37. The van der Waals surface area contributed by atoms with Crippen LogP contribution in [0.15, 0.2) is 29.3 Å². The molecule has 72 valence electrons. The summed E-state index contributed by atoms with van der Waals surface area (Å²) in [5.74, 6) is 0. The molecule has 2 aromatic heterocycles. The molecule has 3 nitrogen and oxygen atoms in total. The Morgan fingerprint density at radius 2 is 2.36 bits per heavy atom. The molecule has 0 fully saturated rings. The van der Waals surface area contributed by atoms with E-state index < -0.39 is 0 Å². The summed E-state index contributed by atoms with van der Waals surface area (Å²) in [7, 11) is 0. The van der Waals surface area contributed by atoms with Crippen LogP contribution in [0.25, 0.3) is 10.9 Å². The minimum Gasteiger partial charge on any atom is -0.312 e. The summed E-state index contributed by atoms with van der Waals surface area (Å²) in [5, 5.41) is 1.28. The number of fused-ring (bicyclic) bond motifs is 1. The molecule has 0 atom stereocenters. The summed E-state index contributed by atoms with van der Waals surface area (Å²) in [4.78, 5) is 15.8. The van der Waals surface area contributed by atoms with E-state index in [-0.39, 0.29) is 5.56 Å². The largest absolute Gasteiger partial charge is 0.312 e. The van der Waals surface area contributed by atoms with Crippen LogP contribution in [0.2, 0.25) is 5.02 Å². The van der Waals surface area contributed by atoms with Crippen LogP contribution >= 0.6 is 11.6 Å². The van der Waals surface area contributed by atoms with Crippen LogP contribution in [-0.2, 0) is 6.54 Å². The van der Waals surface area contributed by atoms with Crippen molar-refractivity contribution in [3.05, 3.63) is 39.9 Å². The molecule has 0 unspecified atom stereocenters. The maximum atomic E-state index is 11.8. The lowest BCUT2D eigenvalue weighted by atomic mass is 10.2. The van der Waals surface area contributed by atoms with Crippen LogP contribution in [-0.4, -0.2) is 9.55 Å². The number of hydrogen-bond donors (Lipinski definition) is 0. The number of hydrogen-bond acceptors (Lipinski definition) is 2. The van der Waals surface area contributed by atoms with Gasteiger partial charge in [0.05, 0.1) is 5.02 Å². The summed E-state index contributed by atoms with van der Waals surface area (Å²) in [6.07, 6.45) is 3.24. The van der Waals surface area contributed by atoms with E-state index in [4.69, 9.17) is 11.6 Å². The average Bonchev–Trinajstić information content (AvgIpc) is 2.23. The van der Waals surface area contributed by atoms with Crippen molar-refractivity contribution in [3.8, 4) is 0 Å². The molecule has 2 rings (SSSR count). The van der Waals surface area contributed by atoms with Crippen molar-refractivity contribution in [2.75, 3.05) is 0 Å². The molecule has 0 saturated heterocycles. The lowest BCUT2D eigenvalue weighted by Gasteiger charge is -2.04. The Kier molecular flexibility index (Phi) is 2.25. The second kappa shape index (κ2) is 3.42. The average molecular weight is 209 g/mol. The van der Waals surface area contributed by atoms with Crippen LogP contribution in [0.3, 0.4) is 0 Å². The van der Waals surface area contributed by atoms with Crippen molar-refractivity contribution >= 4 is 22.5 Å². The molecule has 0 radical (unpaired) electrons. The fraction of sp³-hybridized carbons (Fsp3) is 0.200. The molecule has 2 heterocycles. The zero-order chi connectivity index (χ0) is 10.1. The normalized spacial score (nSPS) is 10.7. The molecule has 0 amide bonds.